The summed E-state index contributed by atoms with van der Waals surface area (Å²) in [7, 11) is 0.964. The van der Waals surface area contributed by atoms with E-state index in [9.17, 15) is 4.21 Å². The number of guanidine groups is 1. The molecule has 1 aromatic carbocycles. The van der Waals surface area contributed by atoms with Crippen LogP contribution in [0.2, 0.25) is 0 Å². The summed E-state index contributed by atoms with van der Waals surface area (Å²) in [5.74, 6) is 2.47. The summed E-state index contributed by atoms with van der Waals surface area (Å²) < 4.78 is 23.1. The lowest BCUT2D eigenvalue weighted by Crippen LogP contribution is -2.46. The average Bonchev–Trinajstić information content (AvgIpc) is 2.76. The Hall–Kier alpha value is -0.870. The molecule has 0 spiro atoms. The molecule has 1 fully saturated rings. The molecular weight excluding hydrogens is 513 g/mol. The maximum Gasteiger partial charge on any atom is 0.191 e. The van der Waals surface area contributed by atoms with Gasteiger partial charge in [-0.1, -0.05) is 25.5 Å². The first kappa shape index (κ1) is 27.2. The molecule has 0 bridgehead atoms. The van der Waals surface area contributed by atoms with Crippen molar-refractivity contribution in [3.63, 3.8) is 0 Å². The van der Waals surface area contributed by atoms with Crippen molar-refractivity contribution in [3.8, 4) is 5.75 Å². The van der Waals surface area contributed by atoms with Crippen LogP contribution in [0.4, 0.5) is 0 Å². The van der Waals surface area contributed by atoms with Gasteiger partial charge in [-0.25, -0.2) is 0 Å². The highest BCUT2D eigenvalue weighted by Gasteiger charge is 2.25. The van der Waals surface area contributed by atoms with E-state index in [1.807, 2.05) is 31.2 Å². The third-order valence-corrected chi connectivity index (χ3v) is 6.85. The quantitative estimate of drug-likeness (QED) is 0.189. The van der Waals surface area contributed by atoms with Crippen LogP contribution in [0.3, 0.4) is 0 Å². The van der Waals surface area contributed by atoms with Crippen molar-refractivity contribution in [1.29, 1.82) is 0 Å². The number of nitrogens with zero attached hydrogens (tertiary/aromatic N) is 1. The largest absolute Gasteiger partial charge is 0.497 e. The van der Waals surface area contributed by atoms with Gasteiger partial charge in [-0.2, -0.15) is 0 Å². The number of ether oxygens (including phenoxy) is 2. The molecule has 8 heteroatoms. The minimum absolute atomic E-state index is 0. The molecule has 0 amide bonds. The van der Waals surface area contributed by atoms with Gasteiger partial charge in [-0.3, -0.25) is 9.20 Å². The maximum atomic E-state index is 12.1. The SMILES string of the molecule is CCNC(=NCCCOCc1ccc(OC)cc1)NC1CCCC(S(=O)CC)C1.I. The molecule has 0 aliphatic heterocycles. The predicted molar refractivity (Wildman–Crippen MR) is 137 cm³/mol. The van der Waals surface area contributed by atoms with Crippen LogP contribution < -0.4 is 15.4 Å². The Morgan fingerprint density at radius 3 is 2.67 bits per heavy atom. The fourth-order valence-corrected chi connectivity index (χ4v) is 4.88. The third kappa shape index (κ3) is 9.96. The Kier molecular flexibility index (Phi) is 14.4. The van der Waals surface area contributed by atoms with Gasteiger partial charge in [-0.15, -0.1) is 24.0 Å². The van der Waals surface area contributed by atoms with Crippen LogP contribution in [0, 0.1) is 0 Å². The summed E-state index contributed by atoms with van der Waals surface area (Å²) >= 11 is 0. The highest BCUT2D eigenvalue weighted by Crippen LogP contribution is 2.23. The summed E-state index contributed by atoms with van der Waals surface area (Å²) in [6, 6.07) is 8.29. The van der Waals surface area contributed by atoms with E-state index in [1.165, 1.54) is 0 Å². The van der Waals surface area contributed by atoms with Gasteiger partial charge >= 0.3 is 0 Å². The van der Waals surface area contributed by atoms with Crippen molar-refractivity contribution in [3.05, 3.63) is 29.8 Å². The highest BCUT2D eigenvalue weighted by molar-refractivity contribution is 14.0. The number of aliphatic imine (C=N–C) groups is 1. The maximum absolute atomic E-state index is 12.1. The molecule has 3 unspecified atom stereocenters. The fraction of sp³-hybridized carbons (Fsp3) is 0.682. The summed E-state index contributed by atoms with van der Waals surface area (Å²) in [5.41, 5.74) is 1.14. The normalized spacial score (nSPS) is 20.2. The molecule has 0 radical (unpaired) electrons. The Bertz CT molecular complexity index is 643. The van der Waals surface area contributed by atoms with E-state index in [0.29, 0.717) is 24.5 Å². The van der Waals surface area contributed by atoms with Crippen molar-refractivity contribution >= 4 is 40.7 Å². The van der Waals surface area contributed by atoms with Gasteiger partial charge in [0.15, 0.2) is 5.96 Å². The molecule has 1 aliphatic rings. The van der Waals surface area contributed by atoms with Gasteiger partial charge in [0.05, 0.1) is 13.7 Å². The van der Waals surface area contributed by atoms with Crippen LogP contribution in [0.15, 0.2) is 29.3 Å². The summed E-state index contributed by atoms with van der Waals surface area (Å²) in [6.07, 6.45) is 5.17. The van der Waals surface area contributed by atoms with Crippen LogP contribution in [0.1, 0.15) is 51.5 Å². The Morgan fingerprint density at radius 2 is 2.00 bits per heavy atom. The minimum Gasteiger partial charge on any atom is -0.497 e. The van der Waals surface area contributed by atoms with Crippen LogP contribution in [0.5, 0.6) is 5.75 Å². The van der Waals surface area contributed by atoms with Crippen LogP contribution in [-0.2, 0) is 22.1 Å². The summed E-state index contributed by atoms with van der Waals surface area (Å²) in [6.45, 7) is 6.91. The number of hydrogen-bond donors (Lipinski definition) is 2. The average molecular weight is 552 g/mol. The molecule has 172 valence electrons. The monoisotopic (exact) mass is 551 g/mol. The number of nitrogens with one attached hydrogen (secondary N) is 2. The van der Waals surface area contributed by atoms with Crippen molar-refractivity contribution in [2.24, 2.45) is 4.99 Å². The molecule has 30 heavy (non-hydrogen) atoms. The molecular formula is C22H38IN3O3S. The van der Waals surface area contributed by atoms with E-state index in [2.05, 4.69) is 22.5 Å². The van der Waals surface area contributed by atoms with Crippen LogP contribution >= 0.6 is 24.0 Å². The summed E-state index contributed by atoms with van der Waals surface area (Å²) in [4.78, 5) is 4.69. The lowest BCUT2D eigenvalue weighted by Gasteiger charge is -2.30. The van der Waals surface area contributed by atoms with E-state index in [4.69, 9.17) is 9.47 Å². The Balaban J connectivity index is 0.00000450. The van der Waals surface area contributed by atoms with E-state index in [1.54, 1.807) is 7.11 Å². The molecule has 1 aromatic rings. The molecule has 0 heterocycles. The van der Waals surface area contributed by atoms with Gasteiger partial charge in [-0.05, 0) is 50.3 Å². The number of methoxy groups -OCH3 is 1. The second-order valence-corrected chi connectivity index (χ2v) is 9.32. The van der Waals surface area contributed by atoms with Crippen LogP contribution in [0.25, 0.3) is 0 Å². The van der Waals surface area contributed by atoms with Crippen molar-refractivity contribution < 1.29 is 13.7 Å². The first-order chi connectivity index (χ1) is 14.2. The van der Waals surface area contributed by atoms with E-state index < -0.39 is 10.8 Å². The van der Waals surface area contributed by atoms with Gasteiger partial charge in [0, 0.05) is 47.5 Å². The molecule has 6 nitrogen and oxygen atoms in total. The first-order valence-corrected chi connectivity index (χ1v) is 12.2. The molecule has 0 aromatic heterocycles. The molecule has 2 N–H and O–H groups in total. The van der Waals surface area contributed by atoms with Crippen molar-refractivity contribution in [2.45, 2.75) is 63.9 Å². The zero-order valence-corrected chi connectivity index (χ0v) is 21.7. The third-order valence-electron chi connectivity index (χ3n) is 5.11. The zero-order valence-electron chi connectivity index (χ0n) is 18.5. The topological polar surface area (TPSA) is 72.0 Å². The minimum atomic E-state index is -0.704. The van der Waals surface area contributed by atoms with E-state index >= 15 is 0 Å². The molecule has 2 rings (SSSR count). The smallest absolute Gasteiger partial charge is 0.191 e. The number of halogens is 1. The Labute approximate surface area is 201 Å². The molecule has 1 saturated carbocycles. The number of hydrogen-bond acceptors (Lipinski definition) is 4. The Morgan fingerprint density at radius 1 is 1.23 bits per heavy atom. The zero-order chi connectivity index (χ0) is 20.9. The number of rotatable bonds is 11. The molecule has 3 atom stereocenters. The lowest BCUT2D eigenvalue weighted by atomic mass is 9.95. The van der Waals surface area contributed by atoms with Gasteiger partial charge in [0.1, 0.15) is 5.75 Å². The number of benzene rings is 1. The van der Waals surface area contributed by atoms with Gasteiger partial charge in [0.25, 0.3) is 0 Å². The molecule has 1 aliphatic carbocycles. The second-order valence-electron chi connectivity index (χ2n) is 7.31. The fourth-order valence-electron chi connectivity index (χ4n) is 3.53. The standard InChI is InChI=1S/C22H37N3O3S.HI/c1-4-23-22(25-19-8-6-9-21(16-19)29(26)5-2)24-14-7-15-28-17-18-10-12-20(27-3)13-11-18;/h10-13,19,21H,4-9,14-17H2,1-3H3,(H2,23,24,25);1H. The second kappa shape index (κ2) is 15.9. The lowest BCUT2D eigenvalue weighted by molar-refractivity contribution is 0.120. The molecule has 0 saturated heterocycles. The highest BCUT2D eigenvalue weighted by atomic mass is 127. The van der Waals surface area contributed by atoms with Crippen molar-refractivity contribution in [1.82, 2.24) is 10.6 Å². The first-order valence-electron chi connectivity index (χ1n) is 10.8. The van der Waals surface area contributed by atoms with E-state index in [0.717, 1.165) is 68.2 Å². The summed E-state index contributed by atoms with van der Waals surface area (Å²) in [5, 5.41) is 7.19. The van der Waals surface area contributed by atoms with E-state index in [-0.39, 0.29) is 24.0 Å². The van der Waals surface area contributed by atoms with Gasteiger partial charge < -0.3 is 20.1 Å². The van der Waals surface area contributed by atoms with Gasteiger partial charge in [0.2, 0.25) is 0 Å². The van der Waals surface area contributed by atoms with Crippen LogP contribution in [-0.4, -0.2) is 54.0 Å². The van der Waals surface area contributed by atoms with Crippen molar-refractivity contribution in [2.75, 3.05) is 32.6 Å². The predicted octanol–water partition coefficient (Wildman–Crippen LogP) is 3.85.